The molecule has 0 radical (unpaired) electrons. The number of nitrogen functional groups attached to an aromatic ring is 1. The SMILES string of the molecule is CCCOc1cc(N)cc(NC(c2cccs2)C(C)C)c1. The summed E-state index contributed by atoms with van der Waals surface area (Å²) in [5.41, 5.74) is 7.71. The molecule has 0 aliphatic rings. The number of nitrogens with two attached hydrogens (primary N) is 1. The van der Waals surface area contributed by atoms with Crippen molar-refractivity contribution < 1.29 is 4.74 Å². The zero-order valence-electron chi connectivity index (χ0n) is 12.9. The van der Waals surface area contributed by atoms with Crippen LogP contribution in [0.2, 0.25) is 0 Å². The van der Waals surface area contributed by atoms with E-state index in [4.69, 9.17) is 10.5 Å². The molecule has 3 N–H and O–H groups in total. The molecule has 2 aromatic rings. The Morgan fingerprint density at radius 2 is 2.10 bits per heavy atom. The van der Waals surface area contributed by atoms with E-state index in [-0.39, 0.29) is 6.04 Å². The third kappa shape index (κ3) is 4.39. The number of benzene rings is 1. The highest BCUT2D eigenvalue weighted by Gasteiger charge is 2.17. The number of anilines is 2. The van der Waals surface area contributed by atoms with Crippen molar-refractivity contribution in [1.82, 2.24) is 0 Å². The quantitative estimate of drug-likeness (QED) is 0.713. The summed E-state index contributed by atoms with van der Waals surface area (Å²) in [5, 5.41) is 5.70. The fraction of sp³-hybridized carbons (Fsp3) is 0.412. The fourth-order valence-corrected chi connectivity index (χ4v) is 3.17. The van der Waals surface area contributed by atoms with E-state index in [0.717, 1.165) is 23.5 Å². The van der Waals surface area contributed by atoms with Gasteiger partial charge in [-0.1, -0.05) is 26.8 Å². The smallest absolute Gasteiger partial charge is 0.123 e. The maximum absolute atomic E-state index is 5.98. The first-order valence-electron chi connectivity index (χ1n) is 7.43. The third-order valence-electron chi connectivity index (χ3n) is 3.24. The zero-order valence-corrected chi connectivity index (χ0v) is 13.7. The van der Waals surface area contributed by atoms with Crippen molar-refractivity contribution in [1.29, 1.82) is 0 Å². The van der Waals surface area contributed by atoms with Crippen LogP contribution in [0.15, 0.2) is 35.7 Å². The molecule has 1 unspecified atom stereocenters. The Bertz CT molecular complexity index is 552. The minimum atomic E-state index is 0.283. The Kier molecular flexibility index (Phi) is 5.51. The summed E-state index contributed by atoms with van der Waals surface area (Å²) in [7, 11) is 0. The maximum atomic E-state index is 5.98. The lowest BCUT2D eigenvalue weighted by atomic mass is 10.0. The lowest BCUT2D eigenvalue weighted by Gasteiger charge is -2.23. The van der Waals surface area contributed by atoms with Gasteiger partial charge >= 0.3 is 0 Å². The molecule has 0 saturated heterocycles. The second-order valence-corrected chi connectivity index (χ2v) is 6.50. The second kappa shape index (κ2) is 7.36. The van der Waals surface area contributed by atoms with Gasteiger partial charge in [0.15, 0.2) is 0 Å². The van der Waals surface area contributed by atoms with Crippen molar-refractivity contribution >= 4 is 22.7 Å². The van der Waals surface area contributed by atoms with Gasteiger partial charge in [-0.3, -0.25) is 0 Å². The number of ether oxygens (including phenoxy) is 1. The minimum absolute atomic E-state index is 0.283. The van der Waals surface area contributed by atoms with Gasteiger partial charge in [0.05, 0.1) is 12.6 Å². The van der Waals surface area contributed by atoms with Crippen LogP contribution >= 0.6 is 11.3 Å². The van der Waals surface area contributed by atoms with Crippen molar-refractivity contribution in [2.24, 2.45) is 5.92 Å². The van der Waals surface area contributed by atoms with Crippen molar-refractivity contribution in [3.8, 4) is 5.75 Å². The van der Waals surface area contributed by atoms with Gasteiger partial charge in [0.1, 0.15) is 5.75 Å². The monoisotopic (exact) mass is 304 g/mol. The molecule has 0 bridgehead atoms. The normalized spacial score (nSPS) is 12.4. The largest absolute Gasteiger partial charge is 0.493 e. The van der Waals surface area contributed by atoms with Crippen LogP contribution in [0, 0.1) is 5.92 Å². The molecule has 21 heavy (non-hydrogen) atoms. The first kappa shape index (κ1) is 15.7. The Morgan fingerprint density at radius 1 is 1.29 bits per heavy atom. The number of hydrogen-bond acceptors (Lipinski definition) is 4. The van der Waals surface area contributed by atoms with Crippen LogP contribution in [-0.4, -0.2) is 6.61 Å². The molecular formula is C17H24N2OS. The molecular weight excluding hydrogens is 280 g/mol. The van der Waals surface area contributed by atoms with Gasteiger partial charge in [0.25, 0.3) is 0 Å². The highest BCUT2D eigenvalue weighted by Crippen LogP contribution is 2.32. The molecule has 1 aromatic heterocycles. The van der Waals surface area contributed by atoms with E-state index in [2.05, 4.69) is 43.6 Å². The molecule has 0 fully saturated rings. The fourth-order valence-electron chi connectivity index (χ4n) is 2.22. The van der Waals surface area contributed by atoms with Gasteiger partial charge in [-0.2, -0.15) is 0 Å². The molecule has 0 amide bonds. The van der Waals surface area contributed by atoms with Gasteiger partial charge in [0, 0.05) is 28.4 Å². The van der Waals surface area contributed by atoms with E-state index in [0.29, 0.717) is 12.5 Å². The van der Waals surface area contributed by atoms with Crippen LogP contribution in [0.3, 0.4) is 0 Å². The first-order valence-corrected chi connectivity index (χ1v) is 8.31. The summed E-state index contributed by atoms with van der Waals surface area (Å²) in [4.78, 5) is 1.34. The molecule has 0 aliphatic carbocycles. The summed E-state index contributed by atoms with van der Waals surface area (Å²) < 4.78 is 5.69. The van der Waals surface area contributed by atoms with Gasteiger partial charge in [-0.25, -0.2) is 0 Å². The zero-order chi connectivity index (χ0) is 15.2. The summed E-state index contributed by atoms with van der Waals surface area (Å²) in [6, 6.07) is 10.4. The molecule has 1 atom stereocenters. The van der Waals surface area contributed by atoms with Gasteiger partial charge in [-0.15, -0.1) is 11.3 Å². The highest BCUT2D eigenvalue weighted by atomic mass is 32.1. The van der Waals surface area contributed by atoms with E-state index in [1.807, 2.05) is 18.2 Å². The van der Waals surface area contributed by atoms with Crippen LogP contribution in [0.25, 0.3) is 0 Å². The van der Waals surface area contributed by atoms with Crippen molar-refractivity contribution in [2.75, 3.05) is 17.7 Å². The topological polar surface area (TPSA) is 47.3 Å². The average molecular weight is 304 g/mol. The van der Waals surface area contributed by atoms with Crippen LogP contribution in [0.4, 0.5) is 11.4 Å². The molecule has 1 heterocycles. The maximum Gasteiger partial charge on any atom is 0.123 e. The number of nitrogens with one attached hydrogen (secondary N) is 1. The van der Waals surface area contributed by atoms with Crippen molar-refractivity contribution in [3.63, 3.8) is 0 Å². The Balaban J connectivity index is 2.18. The lowest BCUT2D eigenvalue weighted by molar-refractivity contribution is 0.317. The standard InChI is InChI=1S/C17H24N2OS/c1-4-7-20-15-10-13(18)9-14(11-15)19-17(12(2)3)16-6-5-8-21-16/h5-6,8-12,17,19H,4,7,18H2,1-3H3. The summed E-state index contributed by atoms with van der Waals surface area (Å²) in [6.45, 7) is 7.24. The van der Waals surface area contributed by atoms with Crippen molar-refractivity contribution in [3.05, 3.63) is 40.6 Å². The van der Waals surface area contributed by atoms with Gasteiger partial charge in [0.2, 0.25) is 0 Å². The van der Waals surface area contributed by atoms with E-state index >= 15 is 0 Å². The Hall–Kier alpha value is -1.68. The minimum Gasteiger partial charge on any atom is -0.493 e. The summed E-state index contributed by atoms with van der Waals surface area (Å²) in [5.74, 6) is 1.32. The number of rotatable bonds is 7. The molecule has 2 rings (SSSR count). The molecule has 1 aromatic carbocycles. The van der Waals surface area contributed by atoms with Crippen LogP contribution in [0.1, 0.15) is 38.1 Å². The molecule has 0 spiro atoms. The van der Waals surface area contributed by atoms with E-state index in [1.54, 1.807) is 11.3 Å². The second-order valence-electron chi connectivity index (χ2n) is 5.52. The predicted octanol–water partition coefficient (Wildman–Crippen LogP) is 4.93. The van der Waals surface area contributed by atoms with Crippen LogP contribution in [0.5, 0.6) is 5.75 Å². The molecule has 114 valence electrons. The molecule has 3 nitrogen and oxygen atoms in total. The summed E-state index contributed by atoms with van der Waals surface area (Å²) in [6.07, 6.45) is 0.987. The van der Waals surface area contributed by atoms with Crippen LogP contribution in [-0.2, 0) is 0 Å². The van der Waals surface area contributed by atoms with E-state index in [9.17, 15) is 0 Å². The Labute approximate surface area is 131 Å². The van der Waals surface area contributed by atoms with Gasteiger partial charge in [-0.05, 0) is 29.9 Å². The van der Waals surface area contributed by atoms with Crippen molar-refractivity contribution in [2.45, 2.75) is 33.2 Å². The highest BCUT2D eigenvalue weighted by molar-refractivity contribution is 7.10. The molecule has 4 heteroatoms. The third-order valence-corrected chi connectivity index (χ3v) is 4.20. The summed E-state index contributed by atoms with van der Waals surface area (Å²) >= 11 is 1.78. The van der Waals surface area contributed by atoms with E-state index in [1.165, 1.54) is 4.88 Å². The first-order chi connectivity index (χ1) is 10.1. The molecule has 0 saturated carbocycles. The lowest BCUT2D eigenvalue weighted by Crippen LogP contribution is -2.15. The number of thiophene rings is 1. The predicted molar refractivity (Wildman–Crippen MR) is 92.2 cm³/mol. The van der Waals surface area contributed by atoms with E-state index < -0.39 is 0 Å². The Morgan fingerprint density at radius 3 is 2.71 bits per heavy atom. The molecule has 0 aliphatic heterocycles. The van der Waals surface area contributed by atoms with Crippen LogP contribution < -0.4 is 15.8 Å². The average Bonchev–Trinajstić information content (AvgIpc) is 2.95. The number of hydrogen-bond donors (Lipinski definition) is 2. The van der Waals surface area contributed by atoms with Gasteiger partial charge < -0.3 is 15.8 Å².